The second-order valence-corrected chi connectivity index (χ2v) is 4.86. The van der Waals surface area contributed by atoms with E-state index in [1.54, 1.807) is 25.5 Å². The standard InChI is InChI=1S/C15H18O2/c1-11(2)12-4-6-13(7-5-12)15(3,16)14-8-9-17-10-14/h4-11,16H,1-3H3. The van der Waals surface area contributed by atoms with Gasteiger partial charge in [0.05, 0.1) is 12.5 Å². The van der Waals surface area contributed by atoms with Crippen molar-refractivity contribution >= 4 is 0 Å². The van der Waals surface area contributed by atoms with Gasteiger partial charge in [-0.3, -0.25) is 0 Å². The van der Waals surface area contributed by atoms with E-state index in [9.17, 15) is 5.11 Å². The quantitative estimate of drug-likeness (QED) is 0.873. The van der Waals surface area contributed by atoms with Gasteiger partial charge in [0.1, 0.15) is 5.60 Å². The minimum absolute atomic E-state index is 0.503. The maximum absolute atomic E-state index is 10.5. The van der Waals surface area contributed by atoms with Gasteiger partial charge >= 0.3 is 0 Å². The van der Waals surface area contributed by atoms with Gasteiger partial charge in [-0.2, -0.15) is 0 Å². The molecule has 2 aromatic rings. The molecule has 0 saturated carbocycles. The summed E-state index contributed by atoms with van der Waals surface area (Å²) in [5, 5.41) is 10.5. The maximum atomic E-state index is 10.5. The summed E-state index contributed by atoms with van der Waals surface area (Å²) >= 11 is 0. The molecule has 1 heterocycles. The third kappa shape index (κ3) is 2.27. The molecule has 0 fully saturated rings. The molecule has 0 aliphatic heterocycles. The van der Waals surface area contributed by atoms with Crippen molar-refractivity contribution in [2.75, 3.05) is 0 Å². The normalized spacial score (nSPS) is 14.9. The Bertz CT molecular complexity index is 464. The fraction of sp³-hybridized carbons (Fsp3) is 0.333. The summed E-state index contributed by atoms with van der Waals surface area (Å²) in [5.74, 6) is 0.503. The molecule has 0 bridgehead atoms. The largest absolute Gasteiger partial charge is 0.472 e. The van der Waals surface area contributed by atoms with Crippen LogP contribution in [0.5, 0.6) is 0 Å². The monoisotopic (exact) mass is 230 g/mol. The minimum atomic E-state index is -0.998. The van der Waals surface area contributed by atoms with E-state index in [-0.39, 0.29) is 0 Å². The average molecular weight is 230 g/mol. The molecule has 1 aromatic heterocycles. The second kappa shape index (κ2) is 4.38. The van der Waals surface area contributed by atoms with Crippen LogP contribution in [-0.4, -0.2) is 5.11 Å². The topological polar surface area (TPSA) is 33.4 Å². The Hall–Kier alpha value is -1.54. The molecule has 0 aliphatic rings. The Labute approximate surface area is 102 Å². The molecule has 0 saturated heterocycles. The van der Waals surface area contributed by atoms with E-state index in [0.717, 1.165) is 11.1 Å². The van der Waals surface area contributed by atoms with Crippen molar-refractivity contribution in [2.45, 2.75) is 32.3 Å². The first kappa shape index (κ1) is 11.9. The molecule has 2 heteroatoms. The predicted molar refractivity (Wildman–Crippen MR) is 67.9 cm³/mol. The van der Waals surface area contributed by atoms with E-state index >= 15 is 0 Å². The van der Waals surface area contributed by atoms with Gasteiger partial charge in [0.15, 0.2) is 0 Å². The molecule has 0 spiro atoms. The Morgan fingerprint density at radius 1 is 1.06 bits per heavy atom. The van der Waals surface area contributed by atoms with Crippen LogP contribution < -0.4 is 0 Å². The van der Waals surface area contributed by atoms with Crippen molar-refractivity contribution in [2.24, 2.45) is 0 Å². The van der Waals surface area contributed by atoms with E-state index < -0.39 is 5.60 Å². The summed E-state index contributed by atoms with van der Waals surface area (Å²) in [4.78, 5) is 0. The van der Waals surface area contributed by atoms with Crippen LogP contribution in [0.1, 0.15) is 43.4 Å². The zero-order valence-electron chi connectivity index (χ0n) is 10.5. The highest BCUT2D eigenvalue weighted by molar-refractivity contribution is 5.35. The summed E-state index contributed by atoms with van der Waals surface area (Å²) in [5.41, 5.74) is 1.93. The Morgan fingerprint density at radius 2 is 1.71 bits per heavy atom. The molecule has 0 aliphatic carbocycles. The van der Waals surface area contributed by atoms with Crippen LogP contribution >= 0.6 is 0 Å². The van der Waals surface area contributed by atoms with E-state index in [1.807, 2.05) is 12.1 Å². The third-order valence-corrected chi connectivity index (χ3v) is 3.22. The zero-order valence-corrected chi connectivity index (χ0v) is 10.5. The molecule has 1 atom stereocenters. The number of hydrogen-bond donors (Lipinski definition) is 1. The highest BCUT2D eigenvalue weighted by Gasteiger charge is 2.26. The first-order chi connectivity index (χ1) is 8.01. The molecule has 17 heavy (non-hydrogen) atoms. The van der Waals surface area contributed by atoms with E-state index in [0.29, 0.717) is 5.92 Å². The molecule has 1 aromatic carbocycles. The first-order valence-corrected chi connectivity index (χ1v) is 5.87. The number of furan rings is 1. The smallest absolute Gasteiger partial charge is 0.115 e. The van der Waals surface area contributed by atoms with Gasteiger partial charge in [-0.15, -0.1) is 0 Å². The molecule has 0 amide bonds. The lowest BCUT2D eigenvalue weighted by molar-refractivity contribution is 0.101. The van der Waals surface area contributed by atoms with Crippen LogP contribution in [0.25, 0.3) is 0 Å². The highest BCUT2D eigenvalue weighted by atomic mass is 16.3. The van der Waals surface area contributed by atoms with Crippen LogP contribution in [0.4, 0.5) is 0 Å². The number of rotatable bonds is 3. The number of hydrogen-bond acceptors (Lipinski definition) is 2. The van der Waals surface area contributed by atoms with Gasteiger partial charge in [0, 0.05) is 5.56 Å². The summed E-state index contributed by atoms with van der Waals surface area (Å²) < 4.78 is 5.02. The fourth-order valence-electron chi connectivity index (χ4n) is 1.90. The molecule has 2 rings (SSSR count). The maximum Gasteiger partial charge on any atom is 0.115 e. The lowest BCUT2D eigenvalue weighted by Gasteiger charge is -2.23. The van der Waals surface area contributed by atoms with Crippen molar-refractivity contribution in [1.29, 1.82) is 0 Å². The van der Waals surface area contributed by atoms with E-state index in [4.69, 9.17) is 4.42 Å². The highest BCUT2D eigenvalue weighted by Crippen LogP contribution is 2.30. The summed E-state index contributed by atoms with van der Waals surface area (Å²) in [6, 6.07) is 9.87. The lowest BCUT2D eigenvalue weighted by Crippen LogP contribution is -2.21. The van der Waals surface area contributed by atoms with Gasteiger partial charge in [-0.1, -0.05) is 38.1 Å². The van der Waals surface area contributed by atoms with Crippen molar-refractivity contribution in [1.82, 2.24) is 0 Å². The Kier molecular flexibility index (Phi) is 3.07. The van der Waals surface area contributed by atoms with Gasteiger partial charge in [-0.25, -0.2) is 0 Å². The Balaban J connectivity index is 2.34. The molecule has 90 valence electrons. The molecule has 1 N–H and O–H groups in total. The SMILES string of the molecule is CC(C)c1ccc(C(C)(O)c2ccoc2)cc1. The van der Waals surface area contributed by atoms with Gasteiger partial charge in [0.2, 0.25) is 0 Å². The van der Waals surface area contributed by atoms with Gasteiger partial charge < -0.3 is 9.52 Å². The number of aliphatic hydroxyl groups is 1. The molecular formula is C15H18O2. The van der Waals surface area contributed by atoms with Crippen LogP contribution in [0, 0.1) is 0 Å². The Morgan fingerprint density at radius 3 is 2.18 bits per heavy atom. The molecular weight excluding hydrogens is 212 g/mol. The summed E-state index contributed by atoms with van der Waals surface area (Å²) in [6.07, 6.45) is 3.16. The fourth-order valence-corrected chi connectivity index (χ4v) is 1.90. The number of benzene rings is 1. The molecule has 0 radical (unpaired) electrons. The lowest BCUT2D eigenvalue weighted by atomic mass is 9.88. The van der Waals surface area contributed by atoms with Crippen LogP contribution in [0.3, 0.4) is 0 Å². The minimum Gasteiger partial charge on any atom is -0.472 e. The first-order valence-electron chi connectivity index (χ1n) is 5.87. The van der Waals surface area contributed by atoms with Crippen molar-refractivity contribution in [3.63, 3.8) is 0 Å². The van der Waals surface area contributed by atoms with Crippen LogP contribution in [0.2, 0.25) is 0 Å². The summed E-state index contributed by atoms with van der Waals surface area (Å²) in [7, 11) is 0. The summed E-state index contributed by atoms with van der Waals surface area (Å²) in [6.45, 7) is 6.09. The zero-order chi connectivity index (χ0) is 12.5. The molecule has 2 nitrogen and oxygen atoms in total. The molecule has 1 unspecified atom stereocenters. The third-order valence-electron chi connectivity index (χ3n) is 3.22. The van der Waals surface area contributed by atoms with Crippen molar-refractivity contribution in [3.8, 4) is 0 Å². The second-order valence-electron chi connectivity index (χ2n) is 4.86. The van der Waals surface area contributed by atoms with Gasteiger partial charge in [-0.05, 0) is 30.0 Å². The average Bonchev–Trinajstić information content (AvgIpc) is 2.83. The predicted octanol–water partition coefficient (Wildman–Crippen LogP) is 3.66. The van der Waals surface area contributed by atoms with Gasteiger partial charge in [0.25, 0.3) is 0 Å². The van der Waals surface area contributed by atoms with Crippen LogP contribution in [-0.2, 0) is 5.60 Å². The van der Waals surface area contributed by atoms with Crippen molar-refractivity contribution in [3.05, 3.63) is 59.5 Å². The van der Waals surface area contributed by atoms with E-state index in [2.05, 4.69) is 26.0 Å². The van der Waals surface area contributed by atoms with Crippen LogP contribution in [0.15, 0.2) is 47.3 Å². The van der Waals surface area contributed by atoms with E-state index in [1.165, 1.54) is 5.56 Å². The van der Waals surface area contributed by atoms with Crippen molar-refractivity contribution < 1.29 is 9.52 Å².